The number of thioether (sulfide) groups is 1. The molecule has 0 N–H and O–H groups in total. The number of pyridine rings is 1. The van der Waals surface area contributed by atoms with Crippen LogP contribution in [0.2, 0.25) is 5.15 Å². The Morgan fingerprint density at radius 3 is 2.97 bits per heavy atom. The van der Waals surface area contributed by atoms with Crippen LogP contribution in [0.1, 0.15) is 18.4 Å². The Labute approximate surface area is 182 Å². The zero-order valence-corrected chi connectivity index (χ0v) is 18.0. The van der Waals surface area contributed by atoms with Gasteiger partial charge in [0.05, 0.1) is 23.0 Å². The summed E-state index contributed by atoms with van der Waals surface area (Å²) >= 11 is 9.76. The molecule has 29 heavy (non-hydrogen) atoms. The van der Waals surface area contributed by atoms with Crippen LogP contribution in [0.5, 0.6) is 0 Å². The lowest BCUT2D eigenvalue weighted by Crippen LogP contribution is -2.16. The minimum Gasteiger partial charge on any atom is -0.376 e. The summed E-state index contributed by atoms with van der Waals surface area (Å²) < 4.78 is 8.06. The topological polar surface area (TPSA) is 52.8 Å². The highest BCUT2D eigenvalue weighted by Crippen LogP contribution is 2.32. The number of ether oxygens (including phenoxy) is 1. The van der Waals surface area contributed by atoms with Gasteiger partial charge in [-0.3, -0.25) is 4.57 Å². The standard InChI is InChI=1S/C21H19ClN4OS2/c22-19-15(11-14-5-1-2-7-17(14)23-19)13-29-21-25-24-20(18-8-4-10-28-18)26(21)12-16-6-3-9-27-16/h1-2,4-5,7-8,10-11,16H,3,6,9,12-13H2. The van der Waals surface area contributed by atoms with E-state index in [0.717, 1.165) is 58.3 Å². The van der Waals surface area contributed by atoms with E-state index in [2.05, 4.69) is 43.3 Å². The number of halogens is 1. The van der Waals surface area contributed by atoms with E-state index in [1.807, 2.05) is 24.3 Å². The van der Waals surface area contributed by atoms with E-state index in [1.54, 1.807) is 23.1 Å². The molecule has 0 aliphatic carbocycles. The van der Waals surface area contributed by atoms with Crippen molar-refractivity contribution in [2.24, 2.45) is 0 Å². The first-order valence-corrected chi connectivity index (χ1v) is 11.8. The lowest BCUT2D eigenvalue weighted by Gasteiger charge is -2.14. The quantitative estimate of drug-likeness (QED) is 0.284. The maximum Gasteiger partial charge on any atom is 0.191 e. The highest BCUT2D eigenvalue weighted by Gasteiger charge is 2.22. The van der Waals surface area contributed by atoms with E-state index < -0.39 is 0 Å². The van der Waals surface area contributed by atoms with Gasteiger partial charge in [-0.05, 0) is 36.4 Å². The van der Waals surface area contributed by atoms with Gasteiger partial charge in [0.25, 0.3) is 0 Å². The molecule has 0 radical (unpaired) electrons. The summed E-state index contributed by atoms with van der Waals surface area (Å²) in [6, 6.07) is 14.3. The summed E-state index contributed by atoms with van der Waals surface area (Å²) in [6.07, 6.45) is 2.41. The highest BCUT2D eigenvalue weighted by atomic mass is 35.5. The second kappa shape index (κ2) is 8.44. The van der Waals surface area contributed by atoms with Crippen molar-refractivity contribution < 1.29 is 4.74 Å². The van der Waals surface area contributed by atoms with Crippen LogP contribution in [0, 0.1) is 0 Å². The molecule has 0 bridgehead atoms. The molecule has 1 aromatic carbocycles. The minimum absolute atomic E-state index is 0.218. The van der Waals surface area contributed by atoms with Crippen LogP contribution in [-0.2, 0) is 17.0 Å². The van der Waals surface area contributed by atoms with Crippen LogP contribution in [-0.4, -0.2) is 32.5 Å². The fourth-order valence-electron chi connectivity index (χ4n) is 3.52. The summed E-state index contributed by atoms with van der Waals surface area (Å²) in [4.78, 5) is 5.65. The average molecular weight is 443 g/mol. The summed E-state index contributed by atoms with van der Waals surface area (Å²) in [6.45, 7) is 1.61. The van der Waals surface area contributed by atoms with Gasteiger partial charge in [0, 0.05) is 23.3 Å². The van der Waals surface area contributed by atoms with Crippen molar-refractivity contribution in [3.8, 4) is 10.7 Å². The number of aromatic nitrogens is 4. The number of hydrogen-bond donors (Lipinski definition) is 0. The normalized spacial score (nSPS) is 16.7. The highest BCUT2D eigenvalue weighted by molar-refractivity contribution is 7.98. The molecular weight excluding hydrogens is 424 g/mol. The SMILES string of the molecule is Clc1nc2ccccc2cc1CSc1nnc(-c2cccs2)n1CC1CCCO1. The van der Waals surface area contributed by atoms with Crippen molar-refractivity contribution in [1.29, 1.82) is 0 Å². The van der Waals surface area contributed by atoms with Crippen molar-refractivity contribution in [3.63, 3.8) is 0 Å². The molecule has 5 nitrogen and oxygen atoms in total. The average Bonchev–Trinajstić information content (AvgIpc) is 3.49. The van der Waals surface area contributed by atoms with Crippen LogP contribution in [0.15, 0.2) is 53.0 Å². The lowest BCUT2D eigenvalue weighted by atomic mass is 10.2. The Balaban J connectivity index is 1.42. The predicted molar refractivity (Wildman–Crippen MR) is 119 cm³/mol. The number of rotatable bonds is 6. The Morgan fingerprint density at radius 2 is 2.14 bits per heavy atom. The fourth-order valence-corrected chi connectivity index (χ4v) is 5.45. The third-order valence-electron chi connectivity index (χ3n) is 4.98. The molecule has 1 aliphatic rings. The van der Waals surface area contributed by atoms with Crippen LogP contribution in [0.4, 0.5) is 0 Å². The third kappa shape index (κ3) is 4.05. The number of benzene rings is 1. The van der Waals surface area contributed by atoms with E-state index in [9.17, 15) is 0 Å². The van der Waals surface area contributed by atoms with E-state index in [1.165, 1.54) is 0 Å². The van der Waals surface area contributed by atoms with Crippen molar-refractivity contribution in [3.05, 3.63) is 58.6 Å². The van der Waals surface area contributed by atoms with E-state index >= 15 is 0 Å². The second-order valence-electron chi connectivity index (χ2n) is 6.95. The molecule has 4 aromatic rings. The largest absolute Gasteiger partial charge is 0.376 e. The molecule has 3 aromatic heterocycles. The Morgan fingerprint density at radius 1 is 1.21 bits per heavy atom. The minimum atomic E-state index is 0.218. The lowest BCUT2D eigenvalue weighted by molar-refractivity contribution is 0.0953. The molecule has 4 heterocycles. The van der Waals surface area contributed by atoms with Crippen LogP contribution in [0.3, 0.4) is 0 Å². The summed E-state index contributed by atoms with van der Waals surface area (Å²) in [5.41, 5.74) is 1.91. The van der Waals surface area contributed by atoms with Gasteiger partial charge in [0.1, 0.15) is 5.15 Å². The Bertz CT molecular complexity index is 1120. The molecule has 1 saturated heterocycles. The first kappa shape index (κ1) is 19.1. The number of hydrogen-bond acceptors (Lipinski definition) is 6. The van der Waals surface area contributed by atoms with Gasteiger partial charge in [-0.15, -0.1) is 21.5 Å². The van der Waals surface area contributed by atoms with Gasteiger partial charge in [-0.2, -0.15) is 0 Å². The van der Waals surface area contributed by atoms with Gasteiger partial charge in [-0.25, -0.2) is 4.98 Å². The third-order valence-corrected chi connectivity index (χ3v) is 7.18. The van der Waals surface area contributed by atoms with Crippen molar-refractivity contribution in [2.75, 3.05) is 6.61 Å². The predicted octanol–water partition coefficient (Wildman–Crippen LogP) is 5.68. The summed E-state index contributed by atoms with van der Waals surface area (Å²) in [5.74, 6) is 1.59. The number of thiophene rings is 1. The molecule has 1 atom stereocenters. The maximum atomic E-state index is 6.45. The number of nitrogens with zero attached hydrogens (tertiary/aromatic N) is 4. The molecule has 1 fully saturated rings. The summed E-state index contributed by atoms with van der Waals surface area (Å²) in [7, 11) is 0. The van der Waals surface area contributed by atoms with Gasteiger partial charge < -0.3 is 4.74 Å². The van der Waals surface area contributed by atoms with Crippen molar-refractivity contribution >= 4 is 45.6 Å². The maximum absolute atomic E-state index is 6.45. The van der Waals surface area contributed by atoms with Crippen LogP contribution < -0.4 is 0 Å². The molecular formula is C21H19ClN4OS2. The van der Waals surface area contributed by atoms with Gasteiger partial charge in [0.2, 0.25) is 0 Å². The number of para-hydroxylation sites is 1. The van der Waals surface area contributed by atoms with E-state index in [-0.39, 0.29) is 6.10 Å². The van der Waals surface area contributed by atoms with Gasteiger partial charge in [-0.1, -0.05) is 47.6 Å². The smallest absolute Gasteiger partial charge is 0.191 e. The molecule has 148 valence electrons. The van der Waals surface area contributed by atoms with Gasteiger partial charge >= 0.3 is 0 Å². The first-order chi connectivity index (χ1) is 14.3. The Hall–Kier alpha value is -1.93. The molecule has 0 spiro atoms. The fraction of sp³-hybridized carbons (Fsp3) is 0.286. The van der Waals surface area contributed by atoms with Crippen LogP contribution in [0.25, 0.3) is 21.6 Å². The zero-order chi connectivity index (χ0) is 19.6. The summed E-state index contributed by atoms with van der Waals surface area (Å²) in [5, 5.41) is 13.5. The molecule has 0 amide bonds. The molecule has 8 heteroatoms. The monoisotopic (exact) mass is 442 g/mol. The Kier molecular flexibility index (Phi) is 5.54. The molecule has 1 unspecified atom stereocenters. The molecule has 0 saturated carbocycles. The van der Waals surface area contributed by atoms with E-state index in [4.69, 9.17) is 16.3 Å². The van der Waals surface area contributed by atoms with Gasteiger partial charge in [0.15, 0.2) is 11.0 Å². The van der Waals surface area contributed by atoms with Crippen LogP contribution >= 0.6 is 34.7 Å². The zero-order valence-electron chi connectivity index (χ0n) is 15.6. The number of fused-ring (bicyclic) bond motifs is 1. The second-order valence-corrected chi connectivity index (χ2v) is 9.20. The molecule has 1 aliphatic heterocycles. The molecule has 5 rings (SSSR count). The van der Waals surface area contributed by atoms with E-state index in [0.29, 0.717) is 10.9 Å². The first-order valence-electron chi connectivity index (χ1n) is 9.53. The van der Waals surface area contributed by atoms with Crippen molar-refractivity contribution in [2.45, 2.75) is 36.4 Å². The van der Waals surface area contributed by atoms with Crippen molar-refractivity contribution in [1.82, 2.24) is 19.7 Å².